The molecule has 26 heavy (non-hydrogen) atoms. The van der Waals surface area contributed by atoms with Crippen LogP contribution < -0.4 is 5.56 Å². The minimum absolute atomic E-state index is 0.0173. The second-order valence-electron chi connectivity index (χ2n) is 6.63. The van der Waals surface area contributed by atoms with Crippen LogP contribution in [0.1, 0.15) is 27.2 Å². The Morgan fingerprint density at radius 2 is 1.69 bits per heavy atom. The molecule has 0 saturated heterocycles. The first-order valence-corrected chi connectivity index (χ1v) is 8.53. The first-order valence-electron chi connectivity index (χ1n) is 8.53. The Balaban J connectivity index is 1.71. The number of rotatable bonds is 3. The summed E-state index contributed by atoms with van der Waals surface area (Å²) in [5, 5.41) is 2.08. The van der Waals surface area contributed by atoms with E-state index in [1.807, 2.05) is 62.4 Å². The van der Waals surface area contributed by atoms with Crippen LogP contribution in [0.25, 0.3) is 21.8 Å². The molecule has 1 aromatic heterocycles. The van der Waals surface area contributed by atoms with Gasteiger partial charge in [0, 0.05) is 5.56 Å². The van der Waals surface area contributed by atoms with Gasteiger partial charge in [-0.25, -0.2) is 4.98 Å². The number of benzene rings is 3. The highest BCUT2D eigenvalue weighted by Gasteiger charge is 2.13. The number of hydrogen-bond donors (Lipinski definition) is 1. The van der Waals surface area contributed by atoms with Crippen LogP contribution >= 0.6 is 0 Å². The van der Waals surface area contributed by atoms with E-state index in [4.69, 9.17) is 0 Å². The number of nitrogens with one attached hydrogen (secondary N) is 1. The Morgan fingerprint density at radius 3 is 2.50 bits per heavy atom. The fourth-order valence-electron chi connectivity index (χ4n) is 3.12. The topological polar surface area (TPSA) is 62.8 Å². The van der Waals surface area contributed by atoms with Crippen molar-refractivity contribution in [1.29, 1.82) is 0 Å². The second-order valence-corrected chi connectivity index (χ2v) is 6.63. The summed E-state index contributed by atoms with van der Waals surface area (Å²) in [6.07, 6.45) is -0.0173. The molecule has 0 saturated carbocycles. The van der Waals surface area contributed by atoms with E-state index in [0.717, 1.165) is 21.9 Å². The summed E-state index contributed by atoms with van der Waals surface area (Å²) in [6, 6.07) is 17.3. The number of aryl methyl sites for hydroxylation is 2. The molecule has 0 atom stereocenters. The van der Waals surface area contributed by atoms with Gasteiger partial charge in [0.05, 0.1) is 17.5 Å². The SMILES string of the molecule is Cc1cc2nc(CC(=O)c3ccc4ccccc4c3)c(=O)[nH]c2cc1C. The van der Waals surface area contributed by atoms with E-state index in [-0.39, 0.29) is 23.5 Å². The molecule has 4 rings (SSSR count). The zero-order chi connectivity index (χ0) is 18.3. The van der Waals surface area contributed by atoms with E-state index in [1.165, 1.54) is 0 Å². The molecule has 0 fully saturated rings. The summed E-state index contributed by atoms with van der Waals surface area (Å²) in [7, 11) is 0. The van der Waals surface area contributed by atoms with Crippen LogP contribution in [0.4, 0.5) is 0 Å². The number of aromatic nitrogens is 2. The van der Waals surface area contributed by atoms with Crippen molar-refractivity contribution in [2.75, 3.05) is 0 Å². The molecule has 4 nitrogen and oxygen atoms in total. The number of ketones is 1. The molecule has 0 aliphatic carbocycles. The normalized spacial score (nSPS) is 11.2. The lowest BCUT2D eigenvalue weighted by atomic mass is 10.0. The van der Waals surface area contributed by atoms with Gasteiger partial charge in [0.15, 0.2) is 5.78 Å². The number of nitrogens with zero attached hydrogens (tertiary/aromatic N) is 1. The molecule has 3 aromatic carbocycles. The standard InChI is InChI=1S/C22H18N2O2/c1-13-9-18-19(10-14(13)2)24-22(26)20(23-18)12-21(25)17-8-7-15-5-3-4-6-16(15)11-17/h3-11H,12H2,1-2H3,(H,24,26). The van der Waals surface area contributed by atoms with Gasteiger partial charge in [-0.15, -0.1) is 0 Å². The number of hydrogen-bond acceptors (Lipinski definition) is 3. The molecule has 128 valence electrons. The molecule has 0 unspecified atom stereocenters. The van der Waals surface area contributed by atoms with Gasteiger partial charge < -0.3 is 4.98 Å². The number of H-pyrrole nitrogens is 1. The average molecular weight is 342 g/mol. The fourth-order valence-corrected chi connectivity index (χ4v) is 3.12. The predicted octanol–water partition coefficient (Wildman–Crippen LogP) is 4.12. The maximum absolute atomic E-state index is 12.7. The zero-order valence-electron chi connectivity index (χ0n) is 14.7. The number of fused-ring (bicyclic) bond motifs is 2. The van der Waals surface area contributed by atoms with Crippen LogP contribution in [0.5, 0.6) is 0 Å². The van der Waals surface area contributed by atoms with Crippen molar-refractivity contribution in [3.05, 3.63) is 87.3 Å². The van der Waals surface area contributed by atoms with E-state index in [0.29, 0.717) is 16.6 Å². The van der Waals surface area contributed by atoms with E-state index in [2.05, 4.69) is 9.97 Å². The summed E-state index contributed by atoms with van der Waals surface area (Å²) < 4.78 is 0. The summed E-state index contributed by atoms with van der Waals surface area (Å²) in [6.45, 7) is 3.99. The largest absolute Gasteiger partial charge is 0.319 e. The quantitative estimate of drug-likeness (QED) is 0.570. The van der Waals surface area contributed by atoms with Gasteiger partial charge in [-0.2, -0.15) is 0 Å². The fraction of sp³-hybridized carbons (Fsp3) is 0.136. The Labute approximate surface area is 150 Å². The number of carbonyl (C=O) groups excluding carboxylic acids is 1. The molecule has 1 heterocycles. The third-order valence-corrected chi connectivity index (χ3v) is 4.78. The first kappa shape index (κ1) is 16.2. The molecule has 0 aliphatic rings. The lowest BCUT2D eigenvalue weighted by molar-refractivity contribution is 0.0991. The molecule has 4 aromatic rings. The summed E-state index contributed by atoms with van der Waals surface area (Å²) >= 11 is 0. The highest BCUT2D eigenvalue weighted by Crippen LogP contribution is 2.18. The third kappa shape index (κ3) is 2.90. The molecule has 0 spiro atoms. The summed E-state index contributed by atoms with van der Waals surface area (Å²) in [5.74, 6) is -0.114. The van der Waals surface area contributed by atoms with Gasteiger partial charge >= 0.3 is 0 Å². The van der Waals surface area contributed by atoms with Crippen molar-refractivity contribution in [2.24, 2.45) is 0 Å². The van der Waals surface area contributed by atoms with Crippen molar-refractivity contribution < 1.29 is 4.79 Å². The number of Topliss-reactive ketones (excluding diaryl/α,β-unsaturated/α-hetero) is 1. The van der Waals surface area contributed by atoms with E-state index in [9.17, 15) is 9.59 Å². The molecule has 0 aliphatic heterocycles. The Hall–Kier alpha value is -3.27. The summed E-state index contributed by atoms with van der Waals surface area (Å²) in [5.41, 5.74) is 4.12. The van der Waals surface area contributed by atoms with E-state index >= 15 is 0 Å². The van der Waals surface area contributed by atoms with Crippen LogP contribution in [0.15, 0.2) is 59.4 Å². The van der Waals surface area contributed by atoms with Crippen molar-refractivity contribution in [3.63, 3.8) is 0 Å². The lowest BCUT2D eigenvalue weighted by Gasteiger charge is -2.06. The molecule has 0 radical (unpaired) electrons. The minimum atomic E-state index is -0.310. The maximum Gasteiger partial charge on any atom is 0.270 e. The molecule has 0 bridgehead atoms. The predicted molar refractivity (Wildman–Crippen MR) is 104 cm³/mol. The van der Waals surface area contributed by atoms with E-state index < -0.39 is 0 Å². The monoisotopic (exact) mass is 342 g/mol. The molecular formula is C22H18N2O2. The van der Waals surface area contributed by atoms with Gasteiger partial charge in [0.1, 0.15) is 5.69 Å². The molecule has 1 N–H and O–H groups in total. The van der Waals surface area contributed by atoms with Crippen molar-refractivity contribution in [3.8, 4) is 0 Å². The van der Waals surface area contributed by atoms with Gasteiger partial charge in [-0.1, -0.05) is 36.4 Å². The third-order valence-electron chi connectivity index (χ3n) is 4.78. The van der Waals surface area contributed by atoms with Gasteiger partial charge in [-0.05, 0) is 53.9 Å². The van der Waals surface area contributed by atoms with Gasteiger partial charge in [0.25, 0.3) is 5.56 Å². The van der Waals surface area contributed by atoms with Crippen molar-refractivity contribution in [2.45, 2.75) is 20.3 Å². The molecular weight excluding hydrogens is 324 g/mol. The van der Waals surface area contributed by atoms with Crippen LogP contribution in [-0.4, -0.2) is 15.8 Å². The smallest absolute Gasteiger partial charge is 0.270 e. The average Bonchev–Trinajstić information content (AvgIpc) is 2.63. The highest BCUT2D eigenvalue weighted by molar-refractivity contribution is 6.01. The maximum atomic E-state index is 12.7. The molecule has 4 heteroatoms. The van der Waals surface area contributed by atoms with Crippen LogP contribution in [0, 0.1) is 13.8 Å². The van der Waals surface area contributed by atoms with Crippen LogP contribution in [0.3, 0.4) is 0 Å². The first-order chi connectivity index (χ1) is 12.5. The second kappa shape index (κ2) is 6.23. The number of carbonyl (C=O) groups is 1. The van der Waals surface area contributed by atoms with Crippen LogP contribution in [0.2, 0.25) is 0 Å². The number of aromatic amines is 1. The Morgan fingerprint density at radius 1 is 0.962 bits per heavy atom. The molecule has 0 amide bonds. The zero-order valence-corrected chi connectivity index (χ0v) is 14.7. The summed E-state index contributed by atoms with van der Waals surface area (Å²) in [4.78, 5) is 32.3. The minimum Gasteiger partial charge on any atom is -0.319 e. The highest BCUT2D eigenvalue weighted by atomic mass is 16.1. The van der Waals surface area contributed by atoms with Gasteiger partial charge in [0.2, 0.25) is 0 Å². The van der Waals surface area contributed by atoms with Crippen molar-refractivity contribution >= 4 is 27.6 Å². The Bertz CT molecular complexity index is 1220. The van der Waals surface area contributed by atoms with E-state index in [1.54, 1.807) is 6.07 Å². The van der Waals surface area contributed by atoms with Crippen molar-refractivity contribution in [1.82, 2.24) is 9.97 Å². The lowest BCUT2D eigenvalue weighted by Crippen LogP contribution is -2.19. The van der Waals surface area contributed by atoms with Crippen LogP contribution in [-0.2, 0) is 6.42 Å². The Kier molecular flexibility index (Phi) is 3.88. The van der Waals surface area contributed by atoms with Gasteiger partial charge in [-0.3, -0.25) is 9.59 Å².